The Morgan fingerprint density at radius 2 is 1.94 bits per heavy atom. The maximum absolute atomic E-state index is 12.0. The number of hydrogen-bond donors (Lipinski definition) is 2. The zero-order chi connectivity index (χ0) is 11.8. The molecule has 0 unspecified atom stereocenters. The van der Waals surface area contributed by atoms with E-state index >= 15 is 0 Å². The minimum atomic E-state index is -3.63. The maximum Gasteiger partial charge on any atom is 0.627 e. The topological polar surface area (TPSA) is 75.6 Å². The lowest BCUT2D eigenvalue weighted by atomic mass is 10.2. The first-order valence-electron chi connectivity index (χ1n) is 4.62. The molecule has 0 atom stereocenters. The average molecular weight is 239 g/mol. The van der Waals surface area contributed by atoms with Gasteiger partial charge in [-0.2, -0.15) is 0 Å². The van der Waals surface area contributed by atoms with Gasteiger partial charge in [0.25, 0.3) is 5.95 Å². The lowest BCUT2D eigenvalue weighted by Crippen LogP contribution is -2.37. The molecule has 0 aliphatic carbocycles. The zero-order valence-corrected chi connectivity index (χ0v) is 9.36. The molecular formula is C9H10BNO4S. The largest absolute Gasteiger partial charge is 0.627 e. The molecule has 1 aliphatic rings. The highest BCUT2D eigenvalue weighted by Crippen LogP contribution is 2.17. The summed E-state index contributed by atoms with van der Waals surface area (Å²) in [6.45, 7) is 1.87. The molecule has 1 heterocycles. The summed E-state index contributed by atoms with van der Waals surface area (Å²) in [5.41, 5.74) is 0.972. The Morgan fingerprint density at radius 1 is 1.31 bits per heavy atom. The van der Waals surface area contributed by atoms with E-state index in [-0.39, 0.29) is 4.90 Å². The van der Waals surface area contributed by atoms with Crippen LogP contribution in [0.4, 0.5) is 0 Å². The SMILES string of the molecule is Cc1ccc(S(=O)(=O)B2NC=C(O)O2)cc1. The summed E-state index contributed by atoms with van der Waals surface area (Å²) in [6, 6.07) is 6.42. The van der Waals surface area contributed by atoms with Gasteiger partial charge in [-0.15, -0.1) is 0 Å². The van der Waals surface area contributed by atoms with Crippen molar-refractivity contribution >= 4 is 16.0 Å². The number of aliphatic hydroxyl groups is 1. The molecule has 0 spiro atoms. The van der Waals surface area contributed by atoms with Gasteiger partial charge in [-0.1, -0.05) is 17.7 Å². The number of rotatable bonds is 2. The molecule has 1 aliphatic heterocycles. The number of aliphatic hydroxyl groups excluding tert-OH is 1. The van der Waals surface area contributed by atoms with Crippen LogP contribution in [0.3, 0.4) is 0 Å². The second-order valence-electron chi connectivity index (χ2n) is 3.46. The van der Waals surface area contributed by atoms with Crippen molar-refractivity contribution in [3.8, 4) is 0 Å². The second kappa shape index (κ2) is 3.75. The highest BCUT2D eigenvalue weighted by molar-refractivity contribution is 8.17. The summed E-state index contributed by atoms with van der Waals surface area (Å²) in [4.78, 5) is 0.152. The molecule has 0 fully saturated rings. The minimum absolute atomic E-state index is 0.152. The van der Waals surface area contributed by atoms with Gasteiger partial charge in [0.05, 0.1) is 11.1 Å². The van der Waals surface area contributed by atoms with Crippen LogP contribution in [0.5, 0.6) is 0 Å². The molecule has 1 aromatic carbocycles. The minimum Gasteiger partial charge on any atom is -0.502 e. The zero-order valence-electron chi connectivity index (χ0n) is 8.54. The smallest absolute Gasteiger partial charge is 0.502 e. The standard InChI is InChI=1S/C9H10BNO4S/c1-7-2-4-8(5-3-7)16(13,14)10-11-6-9(12)15-10/h2-6,11-12H,1H3. The van der Waals surface area contributed by atoms with Crippen LogP contribution in [-0.2, 0) is 14.3 Å². The number of hydrogen-bond acceptors (Lipinski definition) is 5. The van der Waals surface area contributed by atoms with E-state index in [1.165, 1.54) is 12.1 Å². The van der Waals surface area contributed by atoms with E-state index in [2.05, 4.69) is 5.23 Å². The summed E-state index contributed by atoms with van der Waals surface area (Å²) in [5.74, 6) is -0.430. The lowest BCUT2D eigenvalue weighted by molar-refractivity contribution is 0.222. The number of benzene rings is 1. The third-order valence-electron chi connectivity index (χ3n) is 2.20. The van der Waals surface area contributed by atoms with Gasteiger partial charge < -0.3 is 15.0 Å². The maximum atomic E-state index is 12.0. The van der Waals surface area contributed by atoms with Crippen molar-refractivity contribution in [3.63, 3.8) is 0 Å². The van der Waals surface area contributed by atoms with Gasteiger partial charge in [-0.3, -0.25) is 0 Å². The molecule has 84 valence electrons. The van der Waals surface area contributed by atoms with Crippen LogP contribution in [0.2, 0.25) is 0 Å². The van der Waals surface area contributed by atoms with Gasteiger partial charge in [0.1, 0.15) is 0 Å². The first-order chi connectivity index (χ1) is 7.50. The van der Waals surface area contributed by atoms with Gasteiger partial charge in [0.15, 0.2) is 0 Å². The summed E-state index contributed by atoms with van der Waals surface area (Å²) in [6.07, 6.45) is -0.147. The highest BCUT2D eigenvalue weighted by Gasteiger charge is 2.41. The Labute approximate surface area is 93.7 Å². The summed E-state index contributed by atoms with van der Waals surface area (Å²) in [7, 11) is -3.63. The predicted octanol–water partition coefficient (Wildman–Crippen LogP) is 0.730. The predicted molar refractivity (Wildman–Crippen MR) is 59.1 cm³/mol. The van der Waals surface area contributed by atoms with Gasteiger partial charge in [-0.25, -0.2) is 8.42 Å². The Bertz CT molecular complexity index is 523. The molecule has 0 aromatic heterocycles. The Kier molecular flexibility index (Phi) is 2.55. The third-order valence-corrected chi connectivity index (χ3v) is 3.93. The lowest BCUT2D eigenvalue weighted by Gasteiger charge is -2.07. The molecule has 0 radical (unpaired) electrons. The number of aryl methyl sites for hydroxylation is 1. The van der Waals surface area contributed by atoms with E-state index in [9.17, 15) is 8.42 Å². The van der Waals surface area contributed by atoms with Gasteiger partial charge >= 0.3 is 6.33 Å². The van der Waals surface area contributed by atoms with Crippen molar-refractivity contribution in [3.05, 3.63) is 42.0 Å². The Balaban J connectivity index is 2.30. The van der Waals surface area contributed by atoms with E-state index in [0.29, 0.717) is 0 Å². The molecule has 0 bridgehead atoms. The molecular weight excluding hydrogens is 229 g/mol. The van der Waals surface area contributed by atoms with E-state index in [0.717, 1.165) is 11.8 Å². The van der Waals surface area contributed by atoms with Crippen LogP contribution in [0.15, 0.2) is 41.3 Å². The van der Waals surface area contributed by atoms with Crippen LogP contribution in [0.1, 0.15) is 5.56 Å². The summed E-state index contributed by atoms with van der Waals surface area (Å²) < 4.78 is 28.6. The first kappa shape index (κ1) is 10.9. The fourth-order valence-electron chi connectivity index (χ4n) is 1.32. The van der Waals surface area contributed by atoms with E-state index in [4.69, 9.17) is 9.76 Å². The van der Waals surface area contributed by atoms with Gasteiger partial charge in [0.2, 0.25) is 9.69 Å². The van der Waals surface area contributed by atoms with Crippen molar-refractivity contribution in [2.24, 2.45) is 0 Å². The molecule has 2 N–H and O–H groups in total. The molecule has 0 amide bonds. The Morgan fingerprint density at radius 3 is 2.44 bits per heavy atom. The third kappa shape index (κ3) is 1.86. The van der Waals surface area contributed by atoms with E-state index in [1.54, 1.807) is 12.1 Å². The van der Waals surface area contributed by atoms with Crippen molar-refractivity contribution < 1.29 is 18.2 Å². The van der Waals surface area contributed by atoms with Crippen molar-refractivity contribution in [1.82, 2.24) is 5.23 Å². The highest BCUT2D eigenvalue weighted by atomic mass is 32.2. The summed E-state index contributed by atoms with van der Waals surface area (Å²) in [5, 5.41) is 11.4. The molecule has 16 heavy (non-hydrogen) atoms. The fraction of sp³-hybridized carbons (Fsp3) is 0.111. The first-order valence-corrected chi connectivity index (χ1v) is 6.17. The quantitative estimate of drug-likeness (QED) is 0.744. The second-order valence-corrected chi connectivity index (χ2v) is 5.45. The molecule has 2 rings (SSSR count). The van der Waals surface area contributed by atoms with Crippen LogP contribution in [-0.4, -0.2) is 19.9 Å². The Hall–Kier alpha value is -1.63. The molecule has 0 saturated carbocycles. The van der Waals surface area contributed by atoms with E-state index < -0.39 is 22.0 Å². The normalized spacial score (nSPS) is 15.3. The molecule has 7 heteroatoms. The molecule has 0 saturated heterocycles. The van der Waals surface area contributed by atoms with Crippen molar-refractivity contribution in [2.75, 3.05) is 0 Å². The van der Waals surface area contributed by atoms with Crippen molar-refractivity contribution in [1.29, 1.82) is 0 Å². The van der Waals surface area contributed by atoms with Gasteiger partial charge in [0, 0.05) is 0 Å². The van der Waals surface area contributed by atoms with E-state index in [1.807, 2.05) is 6.92 Å². The van der Waals surface area contributed by atoms with Crippen LogP contribution in [0.25, 0.3) is 0 Å². The van der Waals surface area contributed by atoms with Crippen LogP contribution in [0, 0.1) is 6.92 Å². The molecule has 1 aromatic rings. The van der Waals surface area contributed by atoms with Gasteiger partial charge in [-0.05, 0) is 19.1 Å². The molecule has 5 nitrogen and oxygen atoms in total. The van der Waals surface area contributed by atoms with Crippen LogP contribution < -0.4 is 5.23 Å². The van der Waals surface area contributed by atoms with Crippen LogP contribution >= 0.6 is 0 Å². The fourth-order valence-corrected chi connectivity index (χ4v) is 2.56. The average Bonchev–Trinajstić information content (AvgIpc) is 2.66. The summed E-state index contributed by atoms with van der Waals surface area (Å²) >= 11 is 0. The van der Waals surface area contributed by atoms with Crippen molar-refractivity contribution in [2.45, 2.75) is 11.8 Å². The number of nitrogens with one attached hydrogen (secondary N) is 1. The monoisotopic (exact) mass is 239 g/mol.